The molecule has 0 aliphatic carbocycles. The number of aliphatic carboxylic acids is 1. The van der Waals surface area contributed by atoms with Crippen LogP contribution in [0.4, 0.5) is 17.6 Å². The standard InChI is InChI=1S/C19H18F4N2O8/c20-10-3-11(21)17(23)18(16(10)22)33-8-13(27)12(4-15(29)30)24-19(31)9-5-25(14(28)6-26)1-2-32-7-9/h3,6,9,12H,1-2,4-5,7-8H2,(H,24,31)(H,29,30)/t9-,12?/m1/s1. The van der Waals surface area contributed by atoms with Crippen LogP contribution in [0.3, 0.4) is 0 Å². The molecular weight excluding hydrogens is 460 g/mol. The van der Waals surface area contributed by atoms with Gasteiger partial charge in [-0.1, -0.05) is 0 Å². The van der Waals surface area contributed by atoms with Gasteiger partial charge in [-0.15, -0.1) is 0 Å². The highest BCUT2D eigenvalue weighted by Crippen LogP contribution is 2.26. The van der Waals surface area contributed by atoms with Gasteiger partial charge in [-0.25, -0.2) is 8.78 Å². The molecule has 1 aliphatic heterocycles. The summed E-state index contributed by atoms with van der Waals surface area (Å²) in [6.07, 6.45) is -0.914. The van der Waals surface area contributed by atoms with Crippen molar-refractivity contribution in [3.05, 3.63) is 29.3 Å². The Morgan fingerprint density at radius 3 is 2.42 bits per heavy atom. The number of carbonyl (C=O) groups excluding carboxylic acids is 4. The number of halogens is 4. The summed E-state index contributed by atoms with van der Waals surface area (Å²) in [6.45, 7) is -1.65. The number of carbonyl (C=O) groups is 5. The molecule has 2 amide bonds. The van der Waals surface area contributed by atoms with E-state index >= 15 is 0 Å². The van der Waals surface area contributed by atoms with Crippen LogP contribution < -0.4 is 10.1 Å². The predicted molar refractivity (Wildman–Crippen MR) is 97.9 cm³/mol. The molecule has 2 N–H and O–H groups in total. The molecule has 0 bridgehead atoms. The maximum atomic E-state index is 13.7. The molecule has 1 aromatic rings. The number of nitrogens with zero attached hydrogens (tertiary/aromatic N) is 1. The lowest BCUT2D eigenvalue weighted by Gasteiger charge is -2.23. The van der Waals surface area contributed by atoms with Crippen molar-refractivity contribution < 1.29 is 56.1 Å². The second kappa shape index (κ2) is 11.4. The number of nitrogens with one attached hydrogen (secondary N) is 1. The van der Waals surface area contributed by atoms with E-state index in [-0.39, 0.29) is 38.7 Å². The predicted octanol–water partition coefficient (Wildman–Crippen LogP) is -0.176. The van der Waals surface area contributed by atoms with Crippen LogP contribution in [0.15, 0.2) is 6.07 Å². The van der Waals surface area contributed by atoms with Crippen molar-refractivity contribution in [2.75, 3.05) is 32.9 Å². The molecule has 0 saturated carbocycles. The molecule has 10 nitrogen and oxygen atoms in total. The Labute approximate surface area is 183 Å². The van der Waals surface area contributed by atoms with Crippen molar-refractivity contribution in [2.24, 2.45) is 5.92 Å². The molecule has 33 heavy (non-hydrogen) atoms. The molecule has 0 spiro atoms. The van der Waals surface area contributed by atoms with Crippen molar-refractivity contribution in [2.45, 2.75) is 12.5 Å². The quantitative estimate of drug-likeness (QED) is 0.216. The van der Waals surface area contributed by atoms with E-state index in [0.717, 1.165) is 4.90 Å². The highest BCUT2D eigenvalue weighted by molar-refractivity contribution is 6.23. The lowest BCUT2D eigenvalue weighted by molar-refractivity contribution is -0.141. The smallest absolute Gasteiger partial charge is 0.305 e. The third-order valence-electron chi connectivity index (χ3n) is 4.56. The number of carboxylic acids is 1. The van der Waals surface area contributed by atoms with Crippen molar-refractivity contribution in [3.8, 4) is 5.75 Å². The number of hydrogen-bond donors (Lipinski definition) is 2. The zero-order valence-corrected chi connectivity index (χ0v) is 16.8. The van der Waals surface area contributed by atoms with Gasteiger partial charge in [0.25, 0.3) is 5.91 Å². The van der Waals surface area contributed by atoms with E-state index in [1.54, 1.807) is 0 Å². The first-order valence-electron chi connectivity index (χ1n) is 9.37. The summed E-state index contributed by atoms with van der Waals surface area (Å²) < 4.78 is 63.6. The number of amides is 2. The number of benzene rings is 1. The SMILES string of the molecule is O=CC(=O)N1CCOC[C@H](C(=O)NC(CC(=O)O)C(=O)COc2c(F)c(F)cc(F)c2F)C1. The van der Waals surface area contributed by atoms with Crippen LogP contribution in [-0.4, -0.2) is 78.8 Å². The van der Waals surface area contributed by atoms with Gasteiger partial charge in [0.15, 0.2) is 23.2 Å². The number of rotatable bonds is 9. The van der Waals surface area contributed by atoms with Crippen LogP contribution in [0.2, 0.25) is 0 Å². The van der Waals surface area contributed by atoms with Crippen LogP contribution in [0, 0.1) is 29.2 Å². The summed E-state index contributed by atoms with van der Waals surface area (Å²) in [5, 5.41) is 11.1. The highest BCUT2D eigenvalue weighted by Gasteiger charge is 2.32. The molecule has 180 valence electrons. The number of carboxylic acid groups (broad SMARTS) is 1. The summed E-state index contributed by atoms with van der Waals surface area (Å²) in [4.78, 5) is 59.4. The Kier molecular flexibility index (Phi) is 8.85. The molecule has 1 unspecified atom stereocenters. The Balaban J connectivity index is 2.11. The Bertz CT molecular complexity index is 932. The molecule has 2 rings (SSSR count). The monoisotopic (exact) mass is 478 g/mol. The molecule has 1 fully saturated rings. The average Bonchev–Trinajstić information content (AvgIpc) is 3.02. The van der Waals surface area contributed by atoms with E-state index in [0.29, 0.717) is 0 Å². The normalized spacial score (nSPS) is 17.0. The third kappa shape index (κ3) is 6.71. The Morgan fingerprint density at radius 2 is 1.85 bits per heavy atom. The molecular formula is C19H18F4N2O8. The topological polar surface area (TPSA) is 139 Å². The van der Waals surface area contributed by atoms with E-state index in [1.807, 2.05) is 0 Å². The van der Waals surface area contributed by atoms with Gasteiger partial charge >= 0.3 is 5.97 Å². The second-order valence-electron chi connectivity index (χ2n) is 6.89. The van der Waals surface area contributed by atoms with Crippen LogP contribution in [0.25, 0.3) is 0 Å². The average molecular weight is 478 g/mol. The summed E-state index contributed by atoms with van der Waals surface area (Å²) in [5.74, 6) is -14.5. The van der Waals surface area contributed by atoms with Crippen molar-refractivity contribution >= 4 is 29.9 Å². The molecule has 1 saturated heterocycles. The largest absolute Gasteiger partial charge is 0.481 e. The zero-order valence-electron chi connectivity index (χ0n) is 16.8. The fraction of sp³-hybridized carbons (Fsp3) is 0.421. The number of aldehydes is 1. The maximum absolute atomic E-state index is 13.7. The van der Waals surface area contributed by atoms with E-state index in [9.17, 15) is 41.5 Å². The van der Waals surface area contributed by atoms with Gasteiger partial charge in [0.2, 0.25) is 23.8 Å². The fourth-order valence-electron chi connectivity index (χ4n) is 2.88. The fourth-order valence-corrected chi connectivity index (χ4v) is 2.88. The highest BCUT2D eigenvalue weighted by atomic mass is 19.2. The van der Waals surface area contributed by atoms with Crippen molar-refractivity contribution in [1.29, 1.82) is 0 Å². The first-order valence-corrected chi connectivity index (χ1v) is 9.37. The van der Waals surface area contributed by atoms with Gasteiger partial charge in [0.1, 0.15) is 12.6 Å². The molecule has 1 heterocycles. The number of hydrogen-bond acceptors (Lipinski definition) is 7. The lowest BCUT2D eigenvalue weighted by Crippen LogP contribution is -2.49. The lowest BCUT2D eigenvalue weighted by atomic mass is 10.1. The molecule has 0 aromatic heterocycles. The number of Topliss-reactive ketones (excluding diaryl/α,β-unsaturated/α-hetero) is 1. The minimum absolute atomic E-state index is 0.0218. The number of ether oxygens (including phenoxy) is 2. The molecule has 1 aromatic carbocycles. The summed E-state index contributed by atoms with van der Waals surface area (Å²) in [7, 11) is 0. The Morgan fingerprint density at radius 1 is 1.21 bits per heavy atom. The van der Waals surface area contributed by atoms with E-state index in [1.165, 1.54) is 0 Å². The van der Waals surface area contributed by atoms with E-state index in [4.69, 9.17) is 9.84 Å². The van der Waals surface area contributed by atoms with Crippen LogP contribution in [-0.2, 0) is 28.7 Å². The van der Waals surface area contributed by atoms with Gasteiger partial charge in [-0.3, -0.25) is 24.0 Å². The van der Waals surface area contributed by atoms with Crippen molar-refractivity contribution in [1.82, 2.24) is 10.2 Å². The van der Waals surface area contributed by atoms with Crippen LogP contribution in [0.5, 0.6) is 5.75 Å². The van der Waals surface area contributed by atoms with Gasteiger partial charge in [0.05, 0.1) is 25.6 Å². The van der Waals surface area contributed by atoms with E-state index < -0.39 is 77.6 Å². The Hall–Kier alpha value is -3.55. The first-order chi connectivity index (χ1) is 15.5. The minimum atomic E-state index is -1.91. The summed E-state index contributed by atoms with van der Waals surface area (Å²) in [5.41, 5.74) is 0. The van der Waals surface area contributed by atoms with Gasteiger partial charge in [-0.05, 0) is 0 Å². The second-order valence-corrected chi connectivity index (χ2v) is 6.89. The van der Waals surface area contributed by atoms with E-state index in [2.05, 4.69) is 10.1 Å². The van der Waals surface area contributed by atoms with Gasteiger partial charge in [-0.2, -0.15) is 8.78 Å². The third-order valence-corrected chi connectivity index (χ3v) is 4.56. The molecule has 1 aliphatic rings. The summed E-state index contributed by atoms with van der Waals surface area (Å²) in [6, 6.07) is -1.82. The van der Waals surface area contributed by atoms with Crippen LogP contribution in [0.1, 0.15) is 6.42 Å². The minimum Gasteiger partial charge on any atom is -0.481 e. The first kappa shape index (κ1) is 25.7. The van der Waals surface area contributed by atoms with Gasteiger partial charge in [0, 0.05) is 19.2 Å². The number of ketones is 1. The molecule has 0 radical (unpaired) electrons. The summed E-state index contributed by atoms with van der Waals surface area (Å²) >= 11 is 0. The van der Waals surface area contributed by atoms with Crippen molar-refractivity contribution in [3.63, 3.8) is 0 Å². The molecule has 2 atom stereocenters. The van der Waals surface area contributed by atoms with Gasteiger partial charge < -0.3 is 24.8 Å². The molecule has 14 heteroatoms. The van der Waals surface area contributed by atoms with Crippen LogP contribution >= 0.6 is 0 Å². The maximum Gasteiger partial charge on any atom is 0.305 e. The zero-order chi connectivity index (χ0) is 24.7.